The van der Waals surface area contributed by atoms with E-state index in [0.29, 0.717) is 5.82 Å². The summed E-state index contributed by atoms with van der Waals surface area (Å²) < 4.78 is 5.92. The summed E-state index contributed by atoms with van der Waals surface area (Å²) in [6.45, 7) is 1.49. The highest BCUT2D eigenvalue weighted by atomic mass is 16.6. The van der Waals surface area contributed by atoms with Crippen LogP contribution in [0.3, 0.4) is 0 Å². The van der Waals surface area contributed by atoms with Crippen LogP contribution in [0.5, 0.6) is 0 Å². The molecule has 0 bridgehead atoms. The number of aryl methyl sites for hydroxylation is 1. The van der Waals surface area contributed by atoms with E-state index in [-0.39, 0.29) is 18.2 Å². The zero-order valence-electron chi connectivity index (χ0n) is 9.18. The van der Waals surface area contributed by atoms with Crippen LogP contribution in [0.15, 0.2) is 0 Å². The Morgan fingerprint density at radius 2 is 2.31 bits per heavy atom. The molecule has 0 aliphatic rings. The Hall–Kier alpha value is -2.12. The van der Waals surface area contributed by atoms with E-state index in [1.807, 2.05) is 0 Å². The predicted octanol–water partition coefficient (Wildman–Crippen LogP) is 0.222. The molecule has 88 valence electrons. The van der Waals surface area contributed by atoms with Gasteiger partial charge >= 0.3 is 11.8 Å². The quantitative estimate of drug-likeness (QED) is 0.449. The highest BCUT2D eigenvalue weighted by Gasteiger charge is 2.23. The molecule has 8 heteroatoms. The summed E-state index contributed by atoms with van der Waals surface area (Å²) in [4.78, 5) is 24.7. The number of rotatable bonds is 4. The average Bonchev–Trinajstić information content (AvgIpc) is 2.53. The third-order valence-electron chi connectivity index (χ3n) is 2.10. The molecule has 0 aliphatic carbocycles. The van der Waals surface area contributed by atoms with Crippen molar-refractivity contribution < 1.29 is 14.5 Å². The molecule has 8 nitrogen and oxygen atoms in total. The van der Waals surface area contributed by atoms with E-state index < -0.39 is 10.9 Å². The maximum Gasteiger partial charge on any atom is 0.406 e. The van der Waals surface area contributed by atoms with Gasteiger partial charge in [-0.1, -0.05) is 0 Å². The summed E-state index contributed by atoms with van der Waals surface area (Å²) in [5.74, 6) is -0.135. The van der Waals surface area contributed by atoms with Crippen molar-refractivity contribution in [3.8, 4) is 0 Å². The number of ether oxygens (including phenoxy) is 1. The molecule has 0 amide bonds. The van der Waals surface area contributed by atoms with Crippen molar-refractivity contribution >= 4 is 17.6 Å². The molecule has 1 N–H and O–H groups in total. The molecule has 1 aromatic rings. The van der Waals surface area contributed by atoms with Crippen LogP contribution in [0.4, 0.5) is 11.6 Å². The fourth-order valence-electron chi connectivity index (χ4n) is 1.15. The van der Waals surface area contributed by atoms with Crippen LogP contribution in [0, 0.1) is 17.0 Å². The summed E-state index contributed by atoms with van der Waals surface area (Å²) in [6, 6.07) is 0. The van der Waals surface area contributed by atoms with Crippen molar-refractivity contribution in [3.63, 3.8) is 0 Å². The van der Waals surface area contributed by atoms with Crippen LogP contribution in [-0.4, -0.2) is 34.1 Å². The normalized spacial score (nSPS) is 9.94. The standard InChI is InChI=1S/C8H12N4O4/c1-5-10-8(12(14)15)7(11(5)2)9-4-6(13)16-3/h9H,4H2,1-3H3. The Labute approximate surface area is 91.4 Å². The molecule has 0 aromatic carbocycles. The first kappa shape index (κ1) is 12.0. The minimum atomic E-state index is -0.605. The molecular weight excluding hydrogens is 216 g/mol. The minimum Gasteiger partial charge on any atom is -0.468 e. The predicted molar refractivity (Wildman–Crippen MR) is 55.1 cm³/mol. The Morgan fingerprint density at radius 1 is 1.69 bits per heavy atom. The Balaban J connectivity index is 2.93. The van der Waals surface area contributed by atoms with E-state index in [2.05, 4.69) is 15.0 Å². The number of nitrogens with zero attached hydrogens (tertiary/aromatic N) is 3. The number of hydrogen-bond acceptors (Lipinski definition) is 6. The highest BCUT2D eigenvalue weighted by molar-refractivity contribution is 5.75. The number of nitro groups is 1. The van der Waals surface area contributed by atoms with Crippen LogP contribution < -0.4 is 5.32 Å². The van der Waals surface area contributed by atoms with Gasteiger partial charge in [-0.05, 0) is 9.91 Å². The second-order valence-electron chi connectivity index (χ2n) is 3.08. The SMILES string of the molecule is COC(=O)CNc1c([N+](=O)[O-])nc(C)n1C. The Bertz CT molecular complexity index is 426. The van der Waals surface area contributed by atoms with E-state index in [9.17, 15) is 14.9 Å². The van der Waals surface area contributed by atoms with Crippen molar-refractivity contribution in [1.82, 2.24) is 9.55 Å². The minimum absolute atomic E-state index is 0.143. The smallest absolute Gasteiger partial charge is 0.406 e. The summed E-state index contributed by atoms with van der Waals surface area (Å²) in [5, 5.41) is 13.3. The maximum atomic E-state index is 10.9. The lowest BCUT2D eigenvalue weighted by molar-refractivity contribution is -0.388. The molecular formula is C8H12N4O4. The van der Waals surface area contributed by atoms with Gasteiger partial charge < -0.3 is 20.2 Å². The lowest BCUT2D eigenvalue weighted by Crippen LogP contribution is -2.17. The molecule has 0 radical (unpaired) electrons. The van der Waals surface area contributed by atoms with E-state index in [1.165, 1.54) is 11.7 Å². The van der Waals surface area contributed by atoms with Gasteiger partial charge in [-0.3, -0.25) is 9.36 Å². The molecule has 0 spiro atoms. The Morgan fingerprint density at radius 3 is 2.81 bits per heavy atom. The van der Waals surface area contributed by atoms with Gasteiger partial charge in [0.2, 0.25) is 11.6 Å². The number of carbonyl (C=O) groups excluding carboxylic acids is 1. The molecule has 0 saturated heterocycles. The van der Waals surface area contributed by atoms with Gasteiger partial charge in [-0.15, -0.1) is 0 Å². The van der Waals surface area contributed by atoms with Gasteiger partial charge in [0, 0.05) is 14.0 Å². The molecule has 1 aromatic heterocycles. The van der Waals surface area contributed by atoms with Gasteiger partial charge in [-0.25, -0.2) is 0 Å². The van der Waals surface area contributed by atoms with Gasteiger partial charge in [0.05, 0.1) is 7.11 Å². The molecule has 0 fully saturated rings. The lowest BCUT2D eigenvalue weighted by Gasteiger charge is -2.04. The number of hydrogen-bond donors (Lipinski definition) is 1. The summed E-state index contributed by atoms with van der Waals surface area (Å²) in [5.41, 5.74) is 0. The molecule has 0 aliphatic heterocycles. The maximum absolute atomic E-state index is 10.9. The van der Waals surface area contributed by atoms with Crippen molar-refractivity contribution in [3.05, 3.63) is 15.9 Å². The average molecular weight is 228 g/mol. The second kappa shape index (κ2) is 4.60. The highest BCUT2D eigenvalue weighted by Crippen LogP contribution is 2.23. The van der Waals surface area contributed by atoms with Crippen LogP contribution in [-0.2, 0) is 16.6 Å². The number of nitrogens with one attached hydrogen (secondary N) is 1. The first-order valence-electron chi connectivity index (χ1n) is 4.45. The number of imidazole rings is 1. The second-order valence-corrected chi connectivity index (χ2v) is 3.08. The number of methoxy groups -OCH3 is 1. The first-order chi connectivity index (χ1) is 7.47. The zero-order valence-corrected chi connectivity index (χ0v) is 9.18. The summed E-state index contributed by atoms with van der Waals surface area (Å²) in [7, 11) is 2.86. The van der Waals surface area contributed by atoms with Crippen molar-refractivity contribution in [2.75, 3.05) is 19.0 Å². The van der Waals surface area contributed by atoms with Crippen molar-refractivity contribution in [1.29, 1.82) is 0 Å². The van der Waals surface area contributed by atoms with Crippen LogP contribution in [0.25, 0.3) is 0 Å². The van der Waals surface area contributed by atoms with E-state index >= 15 is 0 Å². The van der Waals surface area contributed by atoms with E-state index in [1.54, 1.807) is 14.0 Å². The third-order valence-corrected chi connectivity index (χ3v) is 2.10. The largest absolute Gasteiger partial charge is 0.468 e. The fourth-order valence-corrected chi connectivity index (χ4v) is 1.15. The zero-order chi connectivity index (χ0) is 12.3. The van der Waals surface area contributed by atoms with E-state index in [4.69, 9.17) is 0 Å². The number of aromatic nitrogens is 2. The molecule has 0 atom stereocenters. The molecule has 1 rings (SSSR count). The summed E-state index contributed by atoms with van der Waals surface area (Å²) in [6.07, 6.45) is 0. The van der Waals surface area contributed by atoms with Crippen LogP contribution in [0.2, 0.25) is 0 Å². The van der Waals surface area contributed by atoms with Gasteiger partial charge in [-0.2, -0.15) is 0 Å². The fraction of sp³-hybridized carbons (Fsp3) is 0.500. The van der Waals surface area contributed by atoms with Crippen molar-refractivity contribution in [2.45, 2.75) is 6.92 Å². The van der Waals surface area contributed by atoms with Gasteiger partial charge in [0.15, 0.2) is 0 Å². The molecule has 0 unspecified atom stereocenters. The monoisotopic (exact) mass is 228 g/mol. The third kappa shape index (κ3) is 2.27. The van der Waals surface area contributed by atoms with Gasteiger partial charge in [0.1, 0.15) is 6.54 Å². The van der Waals surface area contributed by atoms with Crippen molar-refractivity contribution in [2.24, 2.45) is 7.05 Å². The van der Waals surface area contributed by atoms with Gasteiger partial charge in [0.25, 0.3) is 0 Å². The topological polar surface area (TPSA) is 99.3 Å². The first-order valence-corrected chi connectivity index (χ1v) is 4.45. The molecule has 0 saturated carbocycles. The molecule has 1 heterocycles. The lowest BCUT2D eigenvalue weighted by atomic mass is 10.5. The number of esters is 1. The molecule has 16 heavy (non-hydrogen) atoms. The summed E-state index contributed by atoms with van der Waals surface area (Å²) >= 11 is 0. The van der Waals surface area contributed by atoms with Crippen LogP contribution >= 0.6 is 0 Å². The van der Waals surface area contributed by atoms with E-state index in [0.717, 1.165) is 0 Å². The van der Waals surface area contributed by atoms with Crippen LogP contribution in [0.1, 0.15) is 5.82 Å². The number of anilines is 1. The Kier molecular flexibility index (Phi) is 3.44. The number of carbonyl (C=O) groups is 1.